The fraction of sp³-hybridized carbons (Fsp3) is 0.357. The van der Waals surface area contributed by atoms with E-state index in [0.717, 1.165) is 20.2 Å². The Morgan fingerprint density at radius 3 is 2.22 bits per heavy atom. The number of piperazine rings is 1. The number of fused-ring (bicyclic) bond motifs is 1. The summed E-state index contributed by atoms with van der Waals surface area (Å²) in [6.45, 7) is 4.91. The van der Waals surface area contributed by atoms with E-state index in [2.05, 4.69) is 16.7 Å². The van der Waals surface area contributed by atoms with Gasteiger partial charge in [-0.2, -0.15) is 5.26 Å². The van der Waals surface area contributed by atoms with Crippen molar-refractivity contribution in [3.63, 3.8) is 0 Å². The Balaban J connectivity index is 1.48. The highest BCUT2D eigenvalue weighted by Gasteiger charge is 2.38. The van der Waals surface area contributed by atoms with Crippen molar-refractivity contribution in [2.24, 2.45) is 13.0 Å². The maximum atomic E-state index is 12.8. The van der Waals surface area contributed by atoms with Crippen molar-refractivity contribution in [2.45, 2.75) is 26.4 Å². The summed E-state index contributed by atoms with van der Waals surface area (Å²) >= 11 is -2.47. The highest BCUT2D eigenvalue weighted by atomic mass is 32.2. The average molecular weight is 579 g/mol. The Bertz CT molecular complexity index is 1710. The molecule has 1 fully saturated rings. The van der Waals surface area contributed by atoms with Crippen molar-refractivity contribution in [1.82, 2.24) is 18.6 Å². The van der Waals surface area contributed by atoms with Crippen molar-refractivity contribution >= 4 is 33.8 Å². The number of hydrogen-bond donors (Lipinski definition) is 2. The highest BCUT2D eigenvalue weighted by Crippen LogP contribution is 2.21. The molecule has 1 saturated heterocycles. The van der Waals surface area contributed by atoms with Crippen LogP contribution in [0.2, 0.25) is 0 Å². The van der Waals surface area contributed by atoms with Gasteiger partial charge in [0.1, 0.15) is 12.6 Å². The number of carboxylic acid groups (broad SMARTS) is 1. The van der Waals surface area contributed by atoms with E-state index in [4.69, 9.17) is 5.26 Å². The van der Waals surface area contributed by atoms with E-state index in [-0.39, 0.29) is 12.5 Å². The molecule has 0 amide bonds. The second kappa shape index (κ2) is 12.5. The number of nitrogens with zero attached hydrogens (tertiary/aromatic N) is 6. The zero-order valence-electron chi connectivity index (χ0n) is 22.9. The maximum Gasteiger partial charge on any atom is 0.332 e. The lowest BCUT2D eigenvalue weighted by Gasteiger charge is -2.42. The van der Waals surface area contributed by atoms with Gasteiger partial charge in [0.25, 0.3) is 5.56 Å². The summed E-state index contributed by atoms with van der Waals surface area (Å²) in [5.41, 5.74) is 1.65. The Morgan fingerprint density at radius 2 is 1.66 bits per heavy atom. The maximum absolute atomic E-state index is 12.8. The molecule has 41 heavy (non-hydrogen) atoms. The lowest BCUT2D eigenvalue weighted by Crippen LogP contribution is -2.60. The summed E-state index contributed by atoms with van der Waals surface area (Å²) in [5, 5.41) is 20.5. The van der Waals surface area contributed by atoms with Gasteiger partial charge in [0, 0.05) is 50.0 Å². The lowest BCUT2D eigenvalue weighted by molar-refractivity contribution is -0.148. The molecule has 2 N–H and O–H groups in total. The largest absolute Gasteiger partial charge is 0.480 e. The second-order valence-corrected chi connectivity index (χ2v) is 10.8. The van der Waals surface area contributed by atoms with Gasteiger partial charge in [-0.15, -0.1) is 4.41 Å². The first-order valence-electron chi connectivity index (χ1n) is 12.9. The van der Waals surface area contributed by atoms with E-state index >= 15 is 0 Å². The van der Waals surface area contributed by atoms with Crippen LogP contribution in [0, 0.1) is 29.1 Å². The number of benzene rings is 2. The fourth-order valence-corrected chi connectivity index (χ4v) is 5.75. The van der Waals surface area contributed by atoms with Crippen molar-refractivity contribution < 1.29 is 18.7 Å². The summed E-state index contributed by atoms with van der Waals surface area (Å²) < 4.78 is 25.1. The van der Waals surface area contributed by atoms with E-state index in [0.29, 0.717) is 42.6 Å². The first-order chi connectivity index (χ1) is 19.5. The van der Waals surface area contributed by atoms with Crippen molar-refractivity contribution in [1.29, 1.82) is 5.26 Å². The van der Waals surface area contributed by atoms with Crippen LogP contribution in [0.15, 0.2) is 52.1 Å². The Hall–Kier alpha value is -4.27. The SMILES string of the molecule is CC(C)C(C(=O)O)N(N1CCN(c2ccc(C#Cc3ccc4c(c3)c(=O)n(CC#N)c(=O)n4C)cc2)CC1)S(=O)O. The Labute approximate surface area is 239 Å². The molecule has 2 unspecified atom stereocenters. The summed E-state index contributed by atoms with van der Waals surface area (Å²) in [5.74, 6) is 4.62. The molecule has 0 spiro atoms. The molecule has 2 aromatic carbocycles. The molecule has 13 heteroatoms. The van der Waals surface area contributed by atoms with Crippen LogP contribution in [-0.2, 0) is 29.7 Å². The van der Waals surface area contributed by atoms with Gasteiger partial charge >= 0.3 is 11.7 Å². The number of nitriles is 1. The van der Waals surface area contributed by atoms with Crippen LogP contribution >= 0.6 is 0 Å². The van der Waals surface area contributed by atoms with Crippen LogP contribution < -0.4 is 16.1 Å². The molecule has 214 valence electrons. The predicted molar refractivity (Wildman–Crippen MR) is 154 cm³/mol. The van der Waals surface area contributed by atoms with E-state index in [1.54, 1.807) is 44.1 Å². The molecule has 0 saturated carbocycles. The summed E-state index contributed by atoms with van der Waals surface area (Å²) in [6.07, 6.45) is 0. The minimum Gasteiger partial charge on any atom is -0.480 e. The van der Waals surface area contributed by atoms with Crippen LogP contribution in [0.4, 0.5) is 5.69 Å². The molecule has 0 radical (unpaired) electrons. The van der Waals surface area contributed by atoms with Crippen molar-refractivity contribution in [2.75, 3.05) is 31.1 Å². The number of hydrogen-bond acceptors (Lipinski definition) is 7. The number of aromatic nitrogens is 2. The van der Waals surface area contributed by atoms with E-state index in [9.17, 15) is 28.3 Å². The summed E-state index contributed by atoms with van der Waals surface area (Å²) in [6, 6.07) is 13.3. The molecule has 3 aromatic rings. The monoisotopic (exact) mass is 578 g/mol. The standard InChI is InChI=1S/C28H30N6O6S/c1-19(2)25(27(36)37)34(41(39)40)32-16-14-31(15-17-32)22-9-6-20(7-10-22)4-5-21-8-11-24-23(18-21)26(35)33(13-12-29)28(38)30(24)3/h6-11,18-19,25H,13-17H2,1-3H3,(H,36,37)(H,39,40). The molecule has 0 aliphatic carbocycles. The van der Waals surface area contributed by atoms with Crippen LogP contribution in [0.1, 0.15) is 25.0 Å². The average Bonchev–Trinajstić information content (AvgIpc) is 2.95. The zero-order chi connectivity index (χ0) is 29.8. The molecular weight excluding hydrogens is 548 g/mol. The van der Waals surface area contributed by atoms with Gasteiger partial charge in [-0.1, -0.05) is 25.7 Å². The number of carbonyl (C=O) groups is 1. The third-order valence-corrected chi connectivity index (χ3v) is 7.76. The van der Waals surface area contributed by atoms with Crippen molar-refractivity contribution in [3.8, 4) is 17.9 Å². The number of aryl methyl sites for hydroxylation is 1. The molecular formula is C28H30N6O6S. The van der Waals surface area contributed by atoms with Gasteiger partial charge < -0.3 is 10.0 Å². The van der Waals surface area contributed by atoms with Gasteiger partial charge in [-0.3, -0.25) is 18.7 Å². The fourth-order valence-electron chi connectivity index (χ4n) is 4.86. The Kier molecular flexibility index (Phi) is 9.05. The van der Waals surface area contributed by atoms with Crippen LogP contribution in [0.5, 0.6) is 0 Å². The van der Waals surface area contributed by atoms with Gasteiger partial charge in [0.05, 0.1) is 17.0 Å². The molecule has 1 aliphatic rings. The van der Waals surface area contributed by atoms with Gasteiger partial charge in [-0.05, 0) is 48.4 Å². The molecule has 0 bridgehead atoms. The summed E-state index contributed by atoms with van der Waals surface area (Å²) in [4.78, 5) is 39.0. The molecule has 2 atom stereocenters. The zero-order valence-corrected chi connectivity index (χ0v) is 23.7. The first kappa shape index (κ1) is 29.7. The highest BCUT2D eigenvalue weighted by molar-refractivity contribution is 7.76. The third kappa shape index (κ3) is 6.24. The van der Waals surface area contributed by atoms with Crippen LogP contribution in [0.25, 0.3) is 10.9 Å². The number of aliphatic carboxylic acids is 1. The first-order valence-corrected chi connectivity index (χ1v) is 13.9. The van der Waals surface area contributed by atoms with Crippen molar-refractivity contribution in [3.05, 3.63) is 74.4 Å². The molecule has 1 aromatic heterocycles. The van der Waals surface area contributed by atoms with E-state index in [1.807, 2.05) is 30.3 Å². The van der Waals surface area contributed by atoms with Gasteiger partial charge in [0.2, 0.25) is 11.3 Å². The van der Waals surface area contributed by atoms with E-state index < -0.39 is 34.5 Å². The van der Waals surface area contributed by atoms with Gasteiger partial charge in [-0.25, -0.2) is 18.6 Å². The molecule has 2 heterocycles. The van der Waals surface area contributed by atoms with Gasteiger partial charge in [0.15, 0.2) is 0 Å². The minimum absolute atomic E-state index is 0.301. The van der Waals surface area contributed by atoms with Crippen LogP contribution in [0.3, 0.4) is 0 Å². The number of hydrazine groups is 1. The predicted octanol–water partition coefficient (Wildman–Crippen LogP) is 1.21. The number of anilines is 1. The smallest absolute Gasteiger partial charge is 0.332 e. The topological polar surface area (TPSA) is 152 Å². The normalized spacial score (nSPS) is 15.4. The molecule has 12 nitrogen and oxygen atoms in total. The number of rotatable bonds is 7. The Morgan fingerprint density at radius 1 is 1.05 bits per heavy atom. The second-order valence-electron chi connectivity index (χ2n) is 9.92. The minimum atomic E-state index is -2.47. The third-order valence-electron chi connectivity index (χ3n) is 6.98. The number of carboxylic acids is 1. The van der Waals surface area contributed by atoms with E-state index in [1.165, 1.54) is 4.57 Å². The lowest BCUT2D eigenvalue weighted by atomic mass is 10.1. The summed E-state index contributed by atoms with van der Waals surface area (Å²) in [7, 11) is 1.55. The molecule has 4 rings (SSSR count). The van der Waals surface area contributed by atoms with Crippen LogP contribution in [-0.4, -0.2) is 70.6 Å². The quantitative estimate of drug-likeness (QED) is 0.311. The molecule has 1 aliphatic heterocycles.